The van der Waals surface area contributed by atoms with Crippen molar-refractivity contribution >= 4 is 11.9 Å². The minimum atomic E-state index is -0.591. The minimum Gasteiger partial charge on any atom is -0.462 e. The van der Waals surface area contributed by atoms with Gasteiger partial charge in [0.05, 0.1) is 23.4 Å². The fourth-order valence-corrected chi connectivity index (χ4v) is 12.9. The Morgan fingerprint density at radius 1 is 0.672 bits per heavy atom. The van der Waals surface area contributed by atoms with Crippen molar-refractivity contribution in [2.24, 2.45) is 34.5 Å². The molecule has 0 aromatic rings. The summed E-state index contributed by atoms with van der Waals surface area (Å²) in [5.74, 6) is 1.67. The molecule has 4 N–H and O–H groups in total. The predicted octanol–water partition coefficient (Wildman–Crippen LogP) is 12.1. The maximum Gasteiger partial charge on any atom is 0.302 e. The first-order chi connectivity index (χ1) is 30.0. The summed E-state index contributed by atoms with van der Waals surface area (Å²) in [6.07, 6.45) is 32.2. The fraction of sp³-hybridized carbons (Fsp3) is 0.750. The quantitative estimate of drug-likeness (QED) is 0.100. The molecule has 6 rings (SSSR count). The number of aliphatic hydroxyl groups excluding tert-OH is 2. The second-order valence-electron chi connectivity index (χ2n) is 22.8. The molecule has 4 fully saturated rings. The standard InChI is InChI=1S/C30H46O5.C26H42O3/c1-20(9-7-15-29(4,5)33)27-13-14-28-24(10-8-16-30(27,28)6)12-11-23-17-25(34-21(2)31)19-26(18-23)35-22(3)32;1-18(7-5-13-25(2,3)29)23-11-12-24-20(8-6-14-26(23,24)4)10-9-19-15-21(27)17-22(28)16-19/h11-13,20,25-26,28,33H,7-10,14-19H2,1-6H3;9-11,18,21-22,24,27-29H,5-8,12-17H2,1-4H3/b23-11?,24-12+;19-9?,20-10+/t20?,25-,26?,28?,30-;18?,21-,22?,24?,26-/m11/s1. The van der Waals surface area contributed by atoms with E-state index in [1.807, 2.05) is 27.7 Å². The topological polar surface area (TPSA) is 134 Å². The van der Waals surface area contributed by atoms with Gasteiger partial charge in [-0.05, 0) is 159 Å². The predicted molar refractivity (Wildman–Crippen MR) is 258 cm³/mol. The van der Waals surface area contributed by atoms with Gasteiger partial charge < -0.3 is 29.9 Å². The van der Waals surface area contributed by atoms with E-state index in [1.165, 1.54) is 62.7 Å². The van der Waals surface area contributed by atoms with E-state index in [0.717, 1.165) is 57.8 Å². The second-order valence-corrected chi connectivity index (χ2v) is 22.8. The number of hydrogen-bond donors (Lipinski definition) is 4. The lowest BCUT2D eigenvalue weighted by Gasteiger charge is -2.42. The van der Waals surface area contributed by atoms with Crippen molar-refractivity contribution in [3.63, 3.8) is 0 Å². The molecule has 0 saturated heterocycles. The lowest BCUT2D eigenvalue weighted by molar-refractivity contribution is -0.154. The lowest BCUT2D eigenvalue weighted by atomic mass is 9.62. The zero-order valence-electron chi connectivity index (χ0n) is 41.6. The van der Waals surface area contributed by atoms with Crippen molar-refractivity contribution < 1.29 is 39.5 Å². The molecule has 8 nitrogen and oxygen atoms in total. The minimum absolute atomic E-state index is 0.212. The largest absolute Gasteiger partial charge is 0.462 e. The Bertz CT molecular complexity index is 1760. The lowest BCUT2D eigenvalue weighted by Crippen LogP contribution is -2.33. The molecule has 0 heterocycles. The van der Waals surface area contributed by atoms with Crippen LogP contribution in [0.3, 0.4) is 0 Å². The summed E-state index contributed by atoms with van der Waals surface area (Å²) in [5.41, 5.74) is 8.00. The highest BCUT2D eigenvalue weighted by atomic mass is 16.6. The van der Waals surface area contributed by atoms with Crippen molar-refractivity contribution in [2.75, 3.05) is 0 Å². The van der Waals surface area contributed by atoms with Crippen LogP contribution in [-0.4, -0.2) is 68.0 Å². The van der Waals surface area contributed by atoms with Crippen LogP contribution in [0.5, 0.6) is 0 Å². The van der Waals surface area contributed by atoms with E-state index in [1.54, 1.807) is 16.7 Å². The molecule has 64 heavy (non-hydrogen) atoms. The molecule has 0 aromatic heterocycles. The van der Waals surface area contributed by atoms with Crippen LogP contribution < -0.4 is 0 Å². The molecular weight excluding hydrogens is 801 g/mol. The van der Waals surface area contributed by atoms with E-state index in [4.69, 9.17) is 9.47 Å². The summed E-state index contributed by atoms with van der Waals surface area (Å²) in [7, 11) is 0. The molecule has 4 saturated carbocycles. The zero-order valence-corrected chi connectivity index (χ0v) is 41.6. The van der Waals surface area contributed by atoms with E-state index in [0.29, 0.717) is 62.2 Å². The summed E-state index contributed by atoms with van der Waals surface area (Å²) in [5, 5.41) is 40.0. The van der Waals surface area contributed by atoms with Crippen LogP contribution in [0.15, 0.2) is 69.9 Å². The Labute approximate surface area is 387 Å². The highest BCUT2D eigenvalue weighted by molar-refractivity contribution is 5.67. The molecule has 6 aliphatic rings. The van der Waals surface area contributed by atoms with Crippen molar-refractivity contribution in [1.29, 1.82) is 0 Å². The number of hydrogen-bond acceptors (Lipinski definition) is 8. The van der Waals surface area contributed by atoms with Gasteiger partial charge in [0, 0.05) is 33.1 Å². The van der Waals surface area contributed by atoms with E-state index < -0.39 is 23.4 Å². The monoisotopic (exact) mass is 889 g/mol. The fourth-order valence-electron chi connectivity index (χ4n) is 12.9. The third-order valence-electron chi connectivity index (χ3n) is 15.9. The zero-order chi connectivity index (χ0) is 47.0. The molecule has 0 aliphatic heterocycles. The Morgan fingerprint density at radius 3 is 1.44 bits per heavy atom. The number of carbonyl (C=O) groups is 2. The molecule has 0 bridgehead atoms. The molecule has 0 amide bonds. The number of allylic oxidation sites excluding steroid dienone is 10. The summed E-state index contributed by atoms with van der Waals surface area (Å²) in [6.45, 7) is 20.1. The van der Waals surface area contributed by atoms with E-state index in [9.17, 15) is 30.0 Å². The van der Waals surface area contributed by atoms with Crippen LogP contribution in [0, 0.1) is 34.5 Å². The Kier molecular flexibility index (Phi) is 18.2. The van der Waals surface area contributed by atoms with E-state index in [2.05, 4.69) is 64.2 Å². The van der Waals surface area contributed by atoms with Crippen LogP contribution in [0.1, 0.15) is 198 Å². The molecule has 10 atom stereocenters. The average Bonchev–Trinajstić information content (AvgIpc) is 3.72. The van der Waals surface area contributed by atoms with Crippen LogP contribution in [0.2, 0.25) is 0 Å². The van der Waals surface area contributed by atoms with E-state index >= 15 is 0 Å². The van der Waals surface area contributed by atoms with Crippen molar-refractivity contribution in [3.05, 3.63) is 69.9 Å². The van der Waals surface area contributed by atoms with Gasteiger partial charge in [-0.15, -0.1) is 0 Å². The van der Waals surface area contributed by atoms with Gasteiger partial charge in [0.1, 0.15) is 12.2 Å². The second kappa shape index (κ2) is 22.3. The maximum absolute atomic E-state index is 11.5. The molecule has 0 aromatic carbocycles. The average molecular weight is 889 g/mol. The third kappa shape index (κ3) is 14.6. The normalized spacial score (nSPS) is 34.3. The van der Waals surface area contributed by atoms with Crippen LogP contribution in [0.4, 0.5) is 0 Å². The number of esters is 2. The van der Waals surface area contributed by atoms with Gasteiger partial charge in [0.25, 0.3) is 0 Å². The van der Waals surface area contributed by atoms with Crippen LogP contribution >= 0.6 is 0 Å². The van der Waals surface area contributed by atoms with Gasteiger partial charge in [-0.2, -0.15) is 0 Å². The van der Waals surface area contributed by atoms with Gasteiger partial charge in [-0.25, -0.2) is 0 Å². The summed E-state index contributed by atoms with van der Waals surface area (Å²) in [6, 6.07) is 0. The first kappa shape index (κ1) is 52.2. The van der Waals surface area contributed by atoms with Crippen molar-refractivity contribution in [2.45, 2.75) is 233 Å². The molecule has 6 unspecified atom stereocenters. The van der Waals surface area contributed by atoms with Gasteiger partial charge in [-0.1, -0.05) is 110 Å². The molecule has 8 heteroatoms. The number of ether oxygens (including phenoxy) is 2. The van der Waals surface area contributed by atoms with E-state index in [-0.39, 0.29) is 35.0 Å². The Morgan fingerprint density at radius 2 is 1.06 bits per heavy atom. The Hall–Kier alpha value is -2.78. The number of carbonyl (C=O) groups excluding carboxylic acids is 2. The van der Waals surface area contributed by atoms with Crippen molar-refractivity contribution in [3.8, 4) is 0 Å². The number of rotatable bonds is 14. The summed E-state index contributed by atoms with van der Waals surface area (Å²) < 4.78 is 11.0. The smallest absolute Gasteiger partial charge is 0.302 e. The van der Waals surface area contributed by atoms with Gasteiger partial charge >= 0.3 is 11.9 Å². The highest BCUT2D eigenvalue weighted by Crippen LogP contribution is 2.58. The SMILES string of the molecule is CC(=O)OC1CC(=C/C=C2\CCC[C@]3(C)C(C(C)CCCC(C)(C)O)=CCC23)C[C@@H](OC(C)=O)C1.CC(CCCC(C)(C)O)C1=CCC2/C(=C/C=C3CC(O)C[C@H](O)C3)CCC[C@]12C. The first-order valence-corrected chi connectivity index (χ1v) is 25.3. The number of fused-ring (bicyclic) bond motifs is 2. The van der Waals surface area contributed by atoms with Gasteiger partial charge in [-0.3, -0.25) is 9.59 Å². The summed E-state index contributed by atoms with van der Waals surface area (Å²) >= 11 is 0. The van der Waals surface area contributed by atoms with Crippen LogP contribution in [0.25, 0.3) is 0 Å². The molecule has 360 valence electrons. The highest BCUT2D eigenvalue weighted by Gasteiger charge is 2.47. The number of aliphatic hydroxyl groups is 4. The molecule has 6 aliphatic carbocycles. The van der Waals surface area contributed by atoms with Crippen molar-refractivity contribution in [1.82, 2.24) is 0 Å². The maximum atomic E-state index is 11.5. The first-order valence-electron chi connectivity index (χ1n) is 25.3. The Balaban J connectivity index is 0.000000245. The molecule has 0 spiro atoms. The third-order valence-corrected chi connectivity index (χ3v) is 15.9. The van der Waals surface area contributed by atoms with Gasteiger partial charge in [0.15, 0.2) is 0 Å². The summed E-state index contributed by atoms with van der Waals surface area (Å²) in [4.78, 5) is 23.1. The molecule has 0 radical (unpaired) electrons. The van der Waals surface area contributed by atoms with Gasteiger partial charge in [0.2, 0.25) is 0 Å². The molecular formula is C56H88O8. The van der Waals surface area contributed by atoms with Crippen LogP contribution in [-0.2, 0) is 19.1 Å².